The third-order valence-corrected chi connectivity index (χ3v) is 9.07. The largest absolute Gasteiger partial charge is 0.461 e. The molecule has 1 aromatic heterocycles. The molecule has 2 amide bonds. The molecule has 39 heavy (non-hydrogen) atoms. The first-order valence-corrected chi connectivity index (χ1v) is 15.2. The highest BCUT2D eigenvalue weighted by atomic mass is 35.5. The van der Waals surface area contributed by atoms with Gasteiger partial charge in [0.15, 0.2) is 0 Å². The lowest BCUT2D eigenvalue weighted by Crippen LogP contribution is -2.54. The zero-order valence-corrected chi connectivity index (χ0v) is 23.8. The van der Waals surface area contributed by atoms with Crippen molar-refractivity contribution in [1.82, 2.24) is 14.5 Å². The summed E-state index contributed by atoms with van der Waals surface area (Å²) >= 11 is 7.20. The Kier molecular flexibility index (Phi) is 9.78. The van der Waals surface area contributed by atoms with Gasteiger partial charge in [-0.2, -0.15) is 4.72 Å². The lowest BCUT2D eigenvalue weighted by atomic mass is 10.1. The molecule has 2 aliphatic rings. The summed E-state index contributed by atoms with van der Waals surface area (Å²) in [5.74, 6) is -1.58. The Balaban J connectivity index is 1.46. The molecule has 0 bridgehead atoms. The lowest BCUT2D eigenvalue weighted by molar-refractivity contribution is -0.154. The van der Waals surface area contributed by atoms with Crippen LogP contribution in [0.4, 0.5) is 0 Å². The van der Waals surface area contributed by atoms with Crippen LogP contribution in [0.5, 0.6) is 0 Å². The summed E-state index contributed by atoms with van der Waals surface area (Å²) in [6, 6.07) is 10.3. The third-order valence-electron chi connectivity index (χ3n) is 6.43. The normalized spacial score (nSPS) is 19.3. The van der Waals surface area contributed by atoms with E-state index >= 15 is 0 Å². The summed E-state index contributed by atoms with van der Waals surface area (Å²) < 4.78 is 39.3. The van der Waals surface area contributed by atoms with Gasteiger partial charge in [-0.3, -0.25) is 14.4 Å². The number of carbonyl (C=O) groups is 3. The van der Waals surface area contributed by atoms with Gasteiger partial charge in [-0.1, -0.05) is 41.9 Å². The third kappa shape index (κ3) is 7.89. The molecule has 0 saturated carbocycles. The van der Waals surface area contributed by atoms with E-state index in [9.17, 15) is 22.8 Å². The Labute approximate surface area is 236 Å². The number of halogens is 1. The molecule has 0 radical (unpaired) electrons. The molecule has 2 atom stereocenters. The van der Waals surface area contributed by atoms with Crippen LogP contribution in [0.25, 0.3) is 5.57 Å². The van der Waals surface area contributed by atoms with Crippen molar-refractivity contribution in [1.29, 1.82) is 0 Å². The van der Waals surface area contributed by atoms with E-state index in [1.165, 1.54) is 16.2 Å². The number of carbonyl (C=O) groups excluding carboxylic acids is 3. The number of esters is 1. The highest BCUT2D eigenvalue weighted by Crippen LogP contribution is 2.28. The van der Waals surface area contributed by atoms with Crippen molar-refractivity contribution in [2.45, 2.75) is 38.5 Å². The van der Waals surface area contributed by atoms with Crippen LogP contribution in [-0.2, 0) is 40.5 Å². The number of nitrogens with one attached hydrogen (secondary N) is 1. The minimum atomic E-state index is -3.99. The summed E-state index contributed by atoms with van der Waals surface area (Å²) in [5.41, 5.74) is 1.27. The van der Waals surface area contributed by atoms with Gasteiger partial charge in [0.05, 0.1) is 29.4 Å². The highest BCUT2D eigenvalue weighted by Gasteiger charge is 2.42. The van der Waals surface area contributed by atoms with E-state index in [0.29, 0.717) is 41.1 Å². The van der Waals surface area contributed by atoms with Crippen molar-refractivity contribution in [2.24, 2.45) is 0 Å². The van der Waals surface area contributed by atoms with Crippen LogP contribution in [0, 0.1) is 0 Å². The molecule has 1 N–H and O–H groups in total. The Morgan fingerprint density at radius 2 is 1.90 bits per heavy atom. The Morgan fingerprint density at radius 3 is 2.56 bits per heavy atom. The molecule has 4 rings (SSSR count). The van der Waals surface area contributed by atoms with Gasteiger partial charge < -0.3 is 19.3 Å². The van der Waals surface area contributed by atoms with Crippen LogP contribution in [-0.4, -0.2) is 80.9 Å². The molecule has 0 unspecified atom stereocenters. The van der Waals surface area contributed by atoms with Gasteiger partial charge >= 0.3 is 5.97 Å². The minimum Gasteiger partial charge on any atom is -0.461 e. The van der Waals surface area contributed by atoms with E-state index in [4.69, 9.17) is 21.1 Å². The fourth-order valence-electron chi connectivity index (χ4n) is 4.45. The number of likely N-dealkylation sites (tertiary alicyclic amines) is 1. The maximum absolute atomic E-state index is 13.4. The molecule has 2 aromatic rings. The van der Waals surface area contributed by atoms with Crippen LogP contribution >= 0.6 is 22.9 Å². The van der Waals surface area contributed by atoms with E-state index in [2.05, 4.69) is 4.72 Å². The van der Waals surface area contributed by atoms with Crippen LogP contribution in [0.15, 0.2) is 47.9 Å². The Bertz CT molecular complexity index is 1320. The monoisotopic (exact) mass is 595 g/mol. The standard InChI is InChI=1S/C26H30ClN3O7S2/c1-18(22-7-8-23(27)38-22)17-39(34,35)28-20-9-10-30(25(20)32)21(26(33)29-11-13-36-14-12-29)15-24(31)37-16-19-5-3-2-4-6-19/h2-8,17,20-21,28H,9-16H2,1H3/t20-,21-/m0/s1. The van der Waals surface area contributed by atoms with Gasteiger partial charge in [-0.05, 0) is 36.6 Å². The topological polar surface area (TPSA) is 122 Å². The molecule has 3 heterocycles. The highest BCUT2D eigenvalue weighted by molar-refractivity contribution is 7.92. The molecule has 13 heteroatoms. The first-order valence-electron chi connectivity index (χ1n) is 12.5. The van der Waals surface area contributed by atoms with Crippen LogP contribution in [0.3, 0.4) is 0 Å². The number of morpholine rings is 1. The van der Waals surface area contributed by atoms with Gasteiger partial charge in [0, 0.05) is 24.5 Å². The maximum Gasteiger partial charge on any atom is 0.308 e. The van der Waals surface area contributed by atoms with Crippen molar-refractivity contribution in [3.05, 3.63) is 62.6 Å². The smallest absolute Gasteiger partial charge is 0.308 e. The number of hydrogen-bond acceptors (Lipinski definition) is 8. The lowest BCUT2D eigenvalue weighted by Gasteiger charge is -2.34. The van der Waals surface area contributed by atoms with Crippen LogP contribution < -0.4 is 4.72 Å². The Hall–Kier alpha value is -2.77. The molecule has 0 aliphatic carbocycles. The van der Waals surface area contributed by atoms with Gasteiger partial charge in [0.2, 0.25) is 21.8 Å². The molecule has 0 spiro atoms. The van der Waals surface area contributed by atoms with Crippen molar-refractivity contribution in [3.8, 4) is 0 Å². The molecule has 2 aliphatic heterocycles. The summed E-state index contributed by atoms with van der Waals surface area (Å²) in [6.07, 6.45) is -0.186. The number of nitrogens with zero attached hydrogens (tertiary/aromatic N) is 2. The van der Waals surface area contributed by atoms with Crippen LogP contribution in [0.1, 0.15) is 30.2 Å². The average molecular weight is 596 g/mol. The fourth-order valence-corrected chi connectivity index (χ4v) is 6.82. The second-order valence-electron chi connectivity index (χ2n) is 9.24. The zero-order chi connectivity index (χ0) is 28.0. The van der Waals surface area contributed by atoms with E-state index in [-0.39, 0.29) is 26.0 Å². The molecule has 2 saturated heterocycles. The molecular weight excluding hydrogens is 566 g/mol. The van der Waals surface area contributed by atoms with Crippen molar-refractivity contribution < 1.29 is 32.3 Å². The van der Waals surface area contributed by atoms with Crippen molar-refractivity contribution in [3.63, 3.8) is 0 Å². The number of hydrogen-bond donors (Lipinski definition) is 1. The van der Waals surface area contributed by atoms with Gasteiger partial charge in [-0.25, -0.2) is 8.42 Å². The summed E-state index contributed by atoms with van der Waals surface area (Å²) in [7, 11) is -3.99. The SMILES string of the molecule is CC(=CS(=O)(=O)N[C@H]1CCN([C@@H](CC(=O)OCc2ccccc2)C(=O)N2CCOCC2)C1=O)c1ccc(Cl)s1. The fraction of sp³-hybridized carbons (Fsp3) is 0.423. The number of benzene rings is 1. The first kappa shape index (κ1) is 29.2. The molecule has 2 fully saturated rings. The number of amides is 2. The second-order valence-corrected chi connectivity index (χ2v) is 12.5. The van der Waals surface area contributed by atoms with E-state index in [0.717, 1.165) is 11.0 Å². The summed E-state index contributed by atoms with van der Waals surface area (Å²) in [5, 5.41) is 1.06. The number of sulfonamides is 1. The van der Waals surface area contributed by atoms with Gasteiger partial charge in [0.25, 0.3) is 0 Å². The number of thiophene rings is 1. The zero-order valence-electron chi connectivity index (χ0n) is 21.4. The van der Waals surface area contributed by atoms with Gasteiger partial charge in [-0.15, -0.1) is 11.3 Å². The Morgan fingerprint density at radius 1 is 1.18 bits per heavy atom. The predicted octanol–water partition coefficient (Wildman–Crippen LogP) is 2.64. The molecular formula is C26H30ClN3O7S2. The van der Waals surface area contributed by atoms with Crippen molar-refractivity contribution in [2.75, 3.05) is 32.8 Å². The number of ether oxygens (including phenoxy) is 2. The van der Waals surface area contributed by atoms with E-state index < -0.39 is 39.9 Å². The quantitative estimate of drug-likeness (QED) is 0.419. The van der Waals surface area contributed by atoms with Gasteiger partial charge in [0.1, 0.15) is 18.7 Å². The average Bonchev–Trinajstić information content (AvgIpc) is 3.51. The minimum absolute atomic E-state index is 0.0373. The predicted molar refractivity (Wildman–Crippen MR) is 147 cm³/mol. The van der Waals surface area contributed by atoms with Crippen LogP contribution in [0.2, 0.25) is 4.34 Å². The molecule has 1 aromatic carbocycles. The summed E-state index contributed by atoms with van der Waals surface area (Å²) in [6.45, 7) is 3.18. The van der Waals surface area contributed by atoms with E-state index in [1.807, 2.05) is 30.3 Å². The number of allylic oxidation sites excluding steroid dienone is 1. The second kappa shape index (κ2) is 13.1. The molecule has 10 nitrogen and oxygen atoms in total. The van der Waals surface area contributed by atoms with E-state index in [1.54, 1.807) is 24.0 Å². The maximum atomic E-state index is 13.4. The first-order chi connectivity index (χ1) is 18.6. The summed E-state index contributed by atoms with van der Waals surface area (Å²) in [4.78, 5) is 43.1. The number of rotatable bonds is 10. The van der Waals surface area contributed by atoms with Crippen molar-refractivity contribution >= 4 is 56.3 Å². The molecule has 210 valence electrons.